The van der Waals surface area contributed by atoms with Gasteiger partial charge in [0.05, 0.1) is 13.2 Å². The fourth-order valence-corrected chi connectivity index (χ4v) is 3.42. The molecule has 0 radical (unpaired) electrons. The number of hydrogen-bond acceptors (Lipinski definition) is 7. The zero-order chi connectivity index (χ0) is 17.8. The first-order chi connectivity index (χ1) is 12.8. The van der Waals surface area contributed by atoms with Gasteiger partial charge >= 0.3 is 0 Å². The van der Waals surface area contributed by atoms with Gasteiger partial charge < -0.3 is 14.5 Å². The maximum atomic E-state index is 5.93. The third-order valence-electron chi connectivity index (χ3n) is 4.78. The Bertz CT molecular complexity index is 727. The van der Waals surface area contributed by atoms with Gasteiger partial charge in [-0.05, 0) is 25.0 Å². The van der Waals surface area contributed by atoms with Crippen molar-refractivity contribution < 1.29 is 4.74 Å². The maximum Gasteiger partial charge on any atom is 0.230 e. The molecule has 2 saturated heterocycles. The van der Waals surface area contributed by atoms with Gasteiger partial charge in [0.25, 0.3) is 0 Å². The van der Waals surface area contributed by atoms with Crippen molar-refractivity contribution in [3.05, 3.63) is 23.5 Å². The average Bonchev–Trinajstić information content (AvgIpc) is 2.98. The second kappa shape index (κ2) is 8.14. The van der Waals surface area contributed by atoms with E-state index in [2.05, 4.69) is 14.8 Å². The fraction of sp³-hybridized carbons (Fsp3) is 0.556. The molecule has 2 aliphatic heterocycles. The summed E-state index contributed by atoms with van der Waals surface area (Å²) < 4.78 is 5.46. The summed E-state index contributed by atoms with van der Waals surface area (Å²) in [4.78, 5) is 22.9. The molecule has 2 aromatic rings. The van der Waals surface area contributed by atoms with E-state index < -0.39 is 0 Å². The Labute approximate surface area is 158 Å². The van der Waals surface area contributed by atoms with Crippen molar-refractivity contribution in [1.82, 2.24) is 19.9 Å². The molecule has 0 saturated carbocycles. The highest BCUT2D eigenvalue weighted by Gasteiger charge is 2.20. The Kier molecular flexibility index (Phi) is 5.45. The number of pyridine rings is 1. The van der Waals surface area contributed by atoms with E-state index in [-0.39, 0.29) is 0 Å². The molecule has 26 heavy (non-hydrogen) atoms. The van der Waals surface area contributed by atoms with Crippen LogP contribution in [-0.2, 0) is 4.74 Å². The molecule has 0 aromatic carbocycles. The SMILES string of the molecule is Clc1ccc(-c2nc(N3CCCCCC3)nc(N3CCOCC3)n2)cn1. The predicted octanol–water partition coefficient (Wildman–Crippen LogP) is 2.80. The molecular weight excluding hydrogens is 352 g/mol. The minimum Gasteiger partial charge on any atom is -0.378 e. The van der Waals surface area contributed by atoms with Crippen molar-refractivity contribution in [2.45, 2.75) is 25.7 Å². The highest BCUT2D eigenvalue weighted by atomic mass is 35.5. The molecule has 2 fully saturated rings. The second-order valence-corrected chi connectivity index (χ2v) is 7.02. The van der Waals surface area contributed by atoms with Gasteiger partial charge in [-0.1, -0.05) is 24.4 Å². The zero-order valence-electron chi connectivity index (χ0n) is 14.8. The summed E-state index contributed by atoms with van der Waals surface area (Å²) in [5, 5.41) is 0.462. The number of aromatic nitrogens is 4. The minimum atomic E-state index is 0.462. The van der Waals surface area contributed by atoms with Crippen molar-refractivity contribution >= 4 is 23.5 Å². The van der Waals surface area contributed by atoms with E-state index in [0.717, 1.165) is 37.7 Å². The monoisotopic (exact) mass is 374 g/mol. The third-order valence-corrected chi connectivity index (χ3v) is 5.00. The lowest BCUT2D eigenvalue weighted by atomic mass is 10.2. The molecule has 0 aliphatic carbocycles. The van der Waals surface area contributed by atoms with Gasteiger partial charge in [-0.2, -0.15) is 15.0 Å². The van der Waals surface area contributed by atoms with Crippen LogP contribution in [0.1, 0.15) is 25.7 Å². The Morgan fingerprint density at radius 3 is 2.08 bits per heavy atom. The van der Waals surface area contributed by atoms with E-state index in [0.29, 0.717) is 30.1 Å². The average molecular weight is 375 g/mol. The van der Waals surface area contributed by atoms with Crippen molar-refractivity contribution in [3.63, 3.8) is 0 Å². The largest absolute Gasteiger partial charge is 0.378 e. The number of rotatable bonds is 3. The lowest BCUT2D eigenvalue weighted by Crippen LogP contribution is -2.38. The van der Waals surface area contributed by atoms with E-state index in [1.165, 1.54) is 25.7 Å². The third kappa shape index (κ3) is 4.04. The summed E-state index contributed by atoms with van der Waals surface area (Å²) in [5.41, 5.74) is 0.849. The number of nitrogens with zero attached hydrogens (tertiary/aromatic N) is 6. The topological polar surface area (TPSA) is 67.3 Å². The van der Waals surface area contributed by atoms with Crippen molar-refractivity contribution in [1.29, 1.82) is 0 Å². The van der Waals surface area contributed by atoms with Crippen molar-refractivity contribution in [2.75, 3.05) is 49.2 Å². The maximum absolute atomic E-state index is 5.93. The molecule has 2 aromatic heterocycles. The van der Waals surface area contributed by atoms with Crippen LogP contribution < -0.4 is 9.80 Å². The molecule has 8 heteroatoms. The molecule has 0 amide bonds. The van der Waals surface area contributed by atoms with Crippen molar-refractivity contribution in [3.8, 4) is 11.4 Å². The van der Waals surface area contributed by atoms with Crippen LogP contribution in [0.4, 0.5) is 11.9 Å². The predicted molar refractivity (Wildman–Crippen MR) is 102 cm³/mol. The van der Waals surface area contributed by atoms with Gasteiger partial charge in [0.2, 0.25) is 11.9 Å². The first kappa shape index (κ1) is 17.4. The lowest BCUT2D eigenvalue weighted by molar-refractivity contribution is 0.122. The van der Waals surface area contributed by atoms with Gasteiger partial charge in [-0.25, -0.2) is 4.98 Å². The van der Waals surface area contributed by atoms with E-state index in [4.69, 9.17) is 31.3 Å². The highest BCUT2D eigenvalue weighted by molar-refractivity contribution is 6.29. The van der Waals surface area contributed by atoms with Crippen molar-refractivity contribution in [2.24, 2.45) is 0 Å². The van der Waals surface area contributed by atoms with Crippen LogP contribution in [0.5, 0.6) is 0 Å². The summed E-state index contributed by atoms with van der Waals surface area (Å²) in [7, 11) is 0. The molecule has 138 valence electrons. The van der Waals surface area contributed by atoms with Gasteiger partial charge in [-0.15, -0.1) is 0 Å². The van der Waals surface area contributed by atoms with E-state index in [9.17, 15) is 0 Å². The molecule has 0 atom stereocenters. The summed E-state index contributed by atoms with van der Waals surface area (Å²) in [6.45, 7) is 4.96. The first-order valence-electron chi connectivity index (χ1n) is 9.25. The van der Waals surface area contributed by atoms with Crippen LogP contribution in [0.15, 0.2) is 18.3 Å². The zero-order valence-corrected chi connectivity index (χ0v) is 15.5. The lowest BCUT2D eigenvalue weighted by Gasteiger charge is -2.28. The first-order valence-corrected chi connectivity index (χ1v) is 9.63. The molecule has 4 heterocycles. The van der Waals surface area contributed by atoms with Gasteiger partial charge in [0, 0.05) is 37.9 Å². The molecule has 7 nitrogen and oxygen atoms in total. The standard InChI is InChI=1S/C18H23ClN6O/c19-15-6-5-14(13-20-15)16-21-17(24-7-3-1-2-4-8-24)23-18(22-16)25-9-11-26-12-10-25/h5-6,13H,1-4,7-12H2. The number of ether oxygens (including phenoxy) is 1. The van der Waals surface area contributed by atoms with E-state index in [1.807, 2.05) is 6.07 Å². The van der Waals surface area contributed by atoms with Crippen LogP contribution in [0.25, 0.3) is 11.4 Å². The molecule has 0 spiro atoms. The van der Waals surface area contributed by atoms with E-state index in [1.54, 1.807) is 12.3 Å². The van der Waals surface area contributed by atoms with Gasteiger partial charge in [0.15, 0.2) is 5.82 Å². The Morgan fingerprint density at radius 1 is 0.808 bits per heavy atom. The Morgan fingerprint density at radius 2 is 1.46 bits per heavy atom. The van der Waals surface area contributed by atoms with Crippen LogP contribution in [-0.4, -0.2) is 59.3 Å². The van der Waals surface area contributed by atoms with Crippen LogP contribution in [0.2, 0.25) is 5.15 Å². The van der Waals surface area contributed by atoms with Gasteiger partial charge in [-0.3, -0.25) is 0 Å². The Hall–Kier alpha value is -1.99. The summed E-state index contributed by atoms with van der Waals surface area (Å²) in [6.07, 6.45) is 6.61. The number of morpholine rings is 1. The summed E-state index contributed by atoms with van der Waals surface area (Å²) >= 11 is 5.93. The highest BCUT2D eigenvalue weighted by Crippen LogP contribution is 2.24. The number of anilines is 2. The fourth-order valence-electron chi connectivity index (χ4n) is 3.31. The second-order valence-electron chi connectivity index (χ2n) is 6.63. The molecule has 0 unspecified atom stereocenters. The summed E-state index contributed by atoms with van der Waals surface area (Å²) in [5.74, 6) is 2.12. The van der Waals surface area contributed by atoms with Crippen LogP contribution in [0.3, 0.4) is 0 Å². The molecule has 4 rings (SSSR count). The molecule has 0 N–H and O–H groups in total. The van der Waals surface area contributed by atoms with Crippen LogP contribution >= 0.6 is 11.6 Å². The number of hydrogen-bond donors (Lipinski definition) is 0. The molecular formula is C18H23ClN6O. The van der Waals surface area contributed by atoms with Crippen LogP contribution in [0, 0.1) is 0 Å². The quantitative estimate of drug-likeness (QED) is 0.765. The minimum absolute atomic E-state index is 0.462. The number of halogens is 1. The summed E-state index contributed by atoms with van der Waals surface area (Å²) in [6, 6.07) is 3.67. The van der Waals surface area contributed by atoms with E-state index >= 15 is 0 Å². The van der Waals surface area contributed by atoms with Gasteiger partial charge in [0.1, 0.15) is 5.15 Å². The molecule has 2 aliphatic rings. The molecule has 0 bridgehead atoms. The normalized spacial score (nSPS) is 18.7. The smallest absolute Gasteiger partial charge is 0.230 e. The Balaban J connectivity index is 1.71.